The Kier molecular flexibility index (Phi) is 5.40. The third kappa shape index (κ3) is 3.50. The first kappa shape index (κ1) is 23.4. The standard InChI is InChI=1S/C33H34FN/c1-31(2)28-21-24(22-29(34)30(28)32(3,4)33(31,5)6)23-14-13-19-27(20-23)35(25-15-9-7-10-16-25)26-17-11-8-12-18-26/h7-22H,1-6H3. The summed E-state index contributed by atoms with van der Waals surface area (Å²) < 4.78 is 15.8. The monoisotopic (exact) mass is 463 g/mol. The number of hydrogen-bond donors (Lipinski definition) is 0. The van der Waals surface area contributed by atoms with Crippen LogP contribution in [0.25, 0.3) is 11.1 Å². The van der Waals surface area contributed by atoms with Gasteiger partial charge in [0, 0.05) is 17.1 Å². The molecular weight excluding hydrogens is 429 g/mol. The number of nitrogens with zero attached hydrogens (tertiary/aromatic N) is 1. The van der Waals surface area contributed by atoms with Crippen LogP contribution in [0.1, 0.15) is 52.7 Å². The van der Waals surface area contributed by atoms with Crippen LogP contribution in [0.5, 0.6) is 0 Å². The minimum atomic E-state index is -0.256. The van der Waals surface area contributed by atoms with Crippen molar-refractivity contribution in [3.8, 4) is 11.1 Å². The van der Waals surface area contributed by atoms with Crippen molar-refractivity contribution in [3.05, 3.63) is 114 Å². The van der Waals surface area contributed by atoms with Crippen molar-refractivity contribution in [2.24, 2.45) is 5.41 Å². The van der Waals surface area contributed by atoms with E-state index in [0.717, 1.165) is 39.3 Å². The van der Waals surface area contributed by atoms with E-state index < -0.39 is 0 Å². The van der Waals surface area contributed by atoms with Gasteiger partial charge in [0.2, 0.25) is 0 Å². The topological polar surface area (TPSA) is 3.24 Å². The molecular formula is C33H34FN. The summed E-state index contributed by atoms with van der Waals surface area (Å²) in [4.78, 5) is 2.24. The highest BCUT2D eigenvalue weighted by Crippen LogP contribution is 2.62. The number of benzene rings is 4. The lowest BCUT2D eigenvalue weighted by molar-refractivity contribution is 0.123. The predicted octanol–water partition coefficient (Wildman–Crippen LogP) is 9.56. The molecule has 1 aliphatic rings. The van der Waals surface area contributed by atoms with Crippen molar-refractivity contribution in [2.75, 3.05) is 4.90 Å². The maximum absolute atomic E-state index is 15.8. The number of halogens is 1. The summed E-state index contributed by atoms with van der Waals surface area (Å²) in [5.74, 6) is -0.102. The Labute approximate surface area is 209 Å². The maximum Gasteiger partial charge on any atom is 0.127 e. The summed E-state index contributed by atoms with van der Waals surface area (Å²) in [7, 11) is 0. The zero-order valence-corrected chi connectivity index (χ0v) is 21.6. The van der Waals surface area contributed by atoms with Gasteiger partial charge < -0.3 is 4.90 Å². The number of fused-ring (bicyclic) bond motifs is 1. The molecule has 0 heterocycles. The Morgan fingerprint density at radius 1 is 0.543 bits per heavy atom. The molecule has 0 saturated carbocycles. The number of hydrogen-bond acceptors (Lipinski definition) is 1. The van der Waals surface area contributed by atoms with Crippen LogP contribution in [0.3, 0.4) is 0 Å². The van der Waals surface area contributed by atoms with Crippen LogP contribution < -0.4 is 4.90 Å². The highest BCUT2D eigenvalue weighted by molar-refractivity contribution is 5.80. The Morgan fingerprint density at radius 2 is 1.09 bits per heavy atom. The molecule has 0 spiro atoms. The van der Waals surface area contributed by atoms with Crippen LogP contribution in [0.2, 0.25) is 0 Å². The molecule has 0 saturated heterocycles. The van der Waals surface area contributed by atoms with Gasteiger partial charge in [-0.15, -0.1) is 0 Å². The van der Waals surface area contributed by atoms with Crippen LogP contribution in [0.4, 0.5) is 21.5 Å². The minimum Gasteiger partial charge on any atom is -0.310 e. The van der Waals surface area contributed by atoms with Crippen LogP contribution >= 0.6 is 0 Å². The first-order valence-electron chi connectivity index (χ1n) is 12.4. The Morgan fingerprint density at radius 3 is 1.66 bits per heavy atom. The second kappa shape index (κ2) is 8.09. The summed E-state index contributed by atoms with van der Waals surface area (Å²) in [5.41, 5.74) is 6.64. The third-order valence-corrected chi connectivity index (χ3v) is 8.98. The fraction of sp³-hybridized carbons (Fsp3) is 0.273. The van der Waals surface area contributed by atoms with Crippen molar-refractivity contribution >= 4 is 17.1 Å². The molecule has 1 nitrogen and oxygen atoms in total. The van der Waals surface area contributed by atoms with Crippen LogP contribution in [-0.4, -0.2) is 0 Å². The van der Waals surface area contributed by atoms with Gasteiger partial charge in [0.05, 0.1) is 0 Å². The average Bonchev–Trinajstić information content (AvgIpc) is 2.95. The molecule has 0 radical (unpaired) electrons. The van der Waals surface area contributed by atoms with Crippen LogP contribution in [0, 0.1) is 11.2 Å². The molecule has 0 amide bonds. The van der Waals surface area contributed by atoms with Crippen molar-refractivity contribution in [1.29, 1.82) is 0 Å². The molecule has 0 aliphatic heterocycles. The molecule has 1 aliphatic carbocycles. The van der Waals surface area contributed by atoms with Gasteiger partial charge >= 0.3 is 0 Å². The van der Waals surface area contributed by atoms with E-state index in [4.69, 9.17) is 0 Å². The summed E-state index contributed by atoms with van der Waals surface area (Å²) in [6, 6.07) is 33.1. The first-order valence-corrected chi connectivity index (χ1v) is 12.4. The van der Waals surface area contributed by atoms with Gasteiger partial charge in [0.15, 0.2) is 0 Å². The number of para-hydroxylation sites is 2. The minimum absolute atomic E-state index is 0.0823. The summed E-state index contributed by atoms with van der Waals surface area (Å²) in [6.07, 6.45) is 0. The van der Waals surface area contributed by atoms with E-state index in [1.165, 1.54) is 0 Å². The van der Waals surface area contributed by atoms with Gasteiger partial charge in [-0.2, -0.15) is 0 Å². The molecule has 2 heteroatoms. The normalized spacial score (nSPS) is 17.1. The molecule has 0 atom stereocenters. The lowest BCUT2D eigenvalue weighted by Gasteiger charge is -2.44. The van der Waals surface area contributed by atoms with Gasteiger partial charge in [-0.3, -0.25) is 0 Å². The summed E-state index contributed by atoms with van der Waals surface area (Å²) in [6.45, 7) is 13.4. The Hall–Kier alpha value is -3.39. The second-order valence-corrected chi connectivity index (χ2v) is 11.3. The smallest absolute Gasteiger partial charge is 0.127 e. The highest BCUT2D eigenvalue weighted by atomic mass is 19.1. The van der Waals surface area contributed by atoms with E-state index >= 15 is 4.39 Å². The van der Waals surface area contributed by atoms with Gasteiger partial charge in [0.1, 0.15) is 5.82 Å². The zero-order chi connectivity index (χ0) is 25.0. The number of rotatable bonds is 4. The fourth-order valence-corrected chi connectivity index (χ4v) is 5.76. The van der Waals surface area contributed by atoms with E-state index in [1.807, 2.05) is 12.1 Å². The Bertz CT molecular complexity index is 1330. The highest BCUT2D eigenvalue weighted by Gasteiger charge is 2.58. The Balaban J connectivity index is 1.66. The molecule has 5 rings (SSSR count). The SMILES string of the molecule is CC1(C)c2cc(-c3cccc(N(c4ccccc4)c4ccccc4)c3)cc(F)c2C(C)(C)C1(C)C. The quantitative estimate of drug-likeness (QED) is 0.291. The second-order valence-electron chi connectivity index (χ2n) is 11.3. The number of anilines is 3. The van der Waals surface area contributed by atoms with Gasteiger partial charge in [0.25, 0.3) is 0 Å². The van der Waals surface area contributed by atoms with E-state index in [0.29, 0.717) is 0 Å². The lowest BCUT2D eigenvalue weighted by Crippen LogP contribution is -2.42. The van der Waals surface area contributed by atoms with Gasteiger partial charge in [-0.05, 0) is 81.0 Å². The van der Waals surface area contributed by atoms with Crippen LogP contribution in [0.15, 0.2) is 97.1 Å². The lowest BCUT2D eigenvalue weighted by atomic mass is 9.59. The van der Waals surface area contributed by atoms with Crippen molar-refractivity contribution in [1.82, 2.24) is 0 Å². The molecule has 4 aromatic carbocycles. The van der Waals surface area contributed by atoms with Crippen molar-refractivity contribution in [2.45, 2.75) is 52.4 Å². The largest absolute Gasteiger partial charge is 0.310 e. The summed E-state index contributed by atoms with van der Waals surface area (Å²) >= 11 is 0. The summed E-state index contributed by atoms with van der Waals surface area (Å²) in [5, 5.41) is 0. The van der Waals surface area contributed by atoms with Gasteiger partial charge in [-0.25, -0.2) is 4.39 Å². The maximum atomic E-state index is 15.8. The average molecular weight is 464 g/mol. The molecule has 35 heavy (non-hydrogen) atoms. The van der Waals surface area contributed by atoms with E-state index in [1.54, 1.807) is 6.07 Å². The van der Waals surface area contributed by atoms with Gasteiger partial charge in [-0.1, -0.05) is 96.1 Å². The van der Waals surface area contributed by atoms with Crippen LogP contribution in [-0.2, 0) is 10.8 Å². The first-order chi connectivity index (χ1) is 16.6. The molecule has 0 fully saturated rings. The molecule has 0 aromatic heterocycles. The molecule has 178 valence electrons. The third-order valence-electron chi connectivity index (χ3n) is 8.98. The molecule has 0 N–H and O–H groups in total. The molecule has 0 unspecified atom stereocenters. The van der Waals surface area contributed by atoms with Crippen molar-refractivity contribution < 1.29 is 4.39 Å². The predicted molar refractivity (Wildman–Crippen MR) is 146 cm³/mol. The van der Waals surface area contributed by atoms with Crippen molar-refractivity contribution in [3.63, 3.8) is 0 Å². The molecule has 4 aromatic rings. The van der Waals surface area contributed by atoms with E-state index in [2.05, 4.69) is 125 Å². The fourth-order valence-electron chi connectivity index (χ4n) is 5.76. The zero-order valence-electron chi connectivity index (χ0n) is 21.6. The molecule has 0 bridgehead atoms. The van der Waals surface area contributed by atoms with E-state index in [-0.39, 0.29) is 22.1 Å². The van der Waals surface area contributed by atoms with E-state index in [9.17, 15) is 0 Å².